The van der Waals surface area contributed by atoms with E-state index in [0.717, 1.165) is 12.8 Å². The quantitative estimate of drug-likeness (QED) is 0.621. The molecule has 1 heterocycles. The van der Waals surface area contributed by atoms with Crippen LogP contribution < -0.4 is 16.8 Å². The zero-order valence-electron chi connectivity index (χ0n) is 8.07. The van der Waals surface area contributed by atoms with Gasteiger partial charge in [0.25, 0.3) is 0 Å². The van der Waals surface area contributed by atoms with E-state index in [1.165, 1.54) is 0 Å². The number of hydrogen-bond acceptors (Lipinski definition) is 6. The van der Waals surface area contributed by atoms with E-state index < -0.39 is 0 Å². The van der Waals surface area contributed by atoms with Gasteiger partial charge in [0.05, 0.1) is 6.04 Å². The Labute approximate surface area is 82.1 Å². The number of nitrogens with two attached hydrogens (primary N) is 2. The Hall–Kier alpha value is -1.43. The Bertz CT molecular complexity index is 335. The molecule has 2 rings (SSSR count). The molecule has 1 unspecified atom stereocenters. The maximum absolute atomic E-state index is 5.96. The van der Waals surface area contributed by atoms with E-state index >= 15 is 0 Å². The van der Waals surface area contributed by atoms with E-state index in [0.29, 0.717) is 17.7 Å². The third-order valence-electron chi connectivity index (χ3n) is 2.32. The van der Waals surface area contributed by atoms with Gasteiger partial charge in [-0.1, -0.05) is 0 Å². The third-order valence-corrected chi connectivity index (χ3v) is 2.32. The van der Waals surface area contributed by atoms with Crippen LogP contribution in [0, 0.1) is 5.92 Å². The monoisotopic (exact) mass is 194 g/mol. The molecule has 6 nitrogen and oxygen atoms in total. The Morgan fingerprint density at radius 2 is 2.07 bits per heavy atom. The first kappa shape index (κ1) is 9.14. The van der Waals surface area contributed by atoms with Gasteiger partial charge in [0.2, 0.25) is 11.9 Å². The second-order valence-corrected chi connectivity index (χ2v) is 3.49. The van der Waals surface area contributed by atoms with E-state index in [1.54, 1.807) is 7.05 Å². The number of nitrogens with zero attached hydrogens (tertiary/aromatic N) is 3. The second kappa shape index (κ2) is 3.38. The predicted octanol–water partition coefficient (Wildman–Crippen LogP) is -0.0947. The molecule has 6 heteroatoms. The highest BCUT2D eigenvalue weighted by Crippen LogP contribution is 2.38. The lowest BCUT2D eigenvalue weighted by molar-refractivity contribution is 0.592. The van der Waals surface area contributed by atoms with Gasteiger partial charge in [-0.25, -0.2) is 0 Å². The lowest BCUT2D eigenvalue weighted by Gasteiger charge is -2.09. The molecule has 0 spiro atoms. The van der Waals surface area contributed by atoms with Crippen LogP contribution in [-0.4, -0.2) is 22.0 Å². The van der Waals surface area contributed by atoms with Crippen LogP contribution in [-0.2, 0) is 0 Å². The van der Waals surface area contributed by atoms with Gasteiger partial charge in [0.15, 0.2) is 5.82 Å². The fourth-order valence-corrected chi connectivity index (χ4v) is 1.34. The zero-order chi connectivity index (χ0) is 10.1. The molecule has 1 aromatic heterocycles. The largest absolute Gasteiger partial charge is 0.368 e. The van der Waals surface area contributed by atoms with Crippen LogP contribution in [0.4, 0.5) is 11.9 Å². The minimum absolute atomic E-state index is 0.104. The highest BCUT2D eigenvalue weighted by Gasteiger charge is 2.31. The van der Waals surface area contributed by atoms with Crippen molar-refractivity contribution in [2.75, 3.05) is 18.1 Å². The molecule has 1 saturated carbocycles. The summed E-state index contributed by atoms with van der Waals surface area (Å²) in [7, 11) is 1.74. The van der Waals surface area contributed by atoms with E-state index in [2.05, 4.69) is 20.3 Å². The SMILES string of the molecule is CNc1nc(N)nc(C(N)C2CC2)n1. The predicted molar refractivity (Wildman–Crippen MR) is 53.4 cm³/mol. The minimum atomic E-state index is -0.104. The molecular formula is C8H14N6. The van der Waals surface area contributed by atoms with Crippen LogP contribution in [0.25, 0.3) is 0 Å². The van der Waals surface area contributed by atoms with Crippen LogP contribution >= 0.6 is 0 Å². The van der Waals surface area contributed by atoms with Crippen LogP contribution in [0.5, 0.6) is 0 Å². The van der Waals surface area contributed by atoms with E-state index in [4.69, 9.17) is 11.5 Å². The van der Waals surface area contributed by atoms with E-state index in [9.17, 15) is 0 Å². The summed E-state index contributed by atoms with van der Waals surface area (Å²) >= 11 is 0. The molecule has 1 aromatic rings. The Balaban J connectivity index is 2.27. The zero-order valence-corrected chi connectivity index (χ0v) is 8.07. The van der Waals surface area contributed by atoms with Gasteiger partial charge in [-0.05, 0) is 18.8 Å². The van der Waals surface area contributed by atoms with Crippen LogP contribution in [0.3, 0.4) is 0 Å². The highest BCUT2D eigenvalue weighted by molar-refractivity contribution is 5.31. The molecule has 0 aromatic carbocycles. The first-order valence-electron chi connectivity index (χ1n) is 4.65. The molecule has 0 amide bonds. The molecule has 5 N–H and O–H groups in total. The van der Waals surface area contributed by atoms with Gasteiger partial charge in [-0.15, -0.1) is 0 Å². The smallest absolute Gasteiger partial charge is 0.227 e. The minimum Gasteiger partial charge on any atom is -0.368 e. The Morgan fingerprint density at radius 3 is 2.64 bits per heavy atom. The van der Waals surface area contributed by atoms with Gasteiger partial charge >= 0.3 is 0 Å². The molecule has 0 aliphatic heterocycles. The fourth-order valence-electron chi connectivity index (χ4n) is 1.34. The highest BCUT2D eigenvalue weighted by atomic mass is 15.2. The molecule has 1 aliphatic carbocycles. The summed E-state index contributed by atoms with van der Waals surface area (Å²) in [5.74, 6) is 1.80. The maximum atomic E-state index is 5.96. The molecule has 0 saturated heterocycles. The molecule has 76 valence electrons. The average Bonchev–Trinajstić information content (AvgIpc) is 2.99. The maximum Gasteiger partial charge on any atom is 0.227 e. The van der Waals surface area contributed by atoms with Crippen molar-refractivity contribution < 1.29 is 0 Å². The topological polar surface area (TPSA) is 103 Å². The molecule has 14 heavy (non-hydrogen) atoms. The molecule has 1 fully saturated rings. The van der Waals surface area contributed by atoms with Crippen molar-refractivity contribution in [1.82, 2.24) is 15.0 Å². The van der Waals surface area contributed by atoms with Crippen molar-refractivity contribution in [2.45, 2.75) is 18.9 Å². The molecule has 0 bridgehead atoms. The fraction of sp³-hybridized carbons (Fsp3) is 0.625. The van der Waals surface area contributed by atoms with Crippen molar-refractivity contribution in [3.05, 3.63) is 5.82 Å². The van der Waals surface area contributed by atoms with Crippen molar-refractivity contribution in [3.8, 4) is 0 Å². The Morgan fingerprint density at radius 1 is 1.36 bits per heavy atom. The van der Waals surface area contributed by atoms with Gasteiger partial charge in [-0.2, -0.15) is 15.0 Å². The number of rotatable bonds is 3. The first-order valence-corrected chi connectivity index (χ1v) is 4.65. The molecule has 1 aliphatic rings. The lowest BCUT2D eigenvalue weighted by atomic mass is 10.2. The van der Waals surface area contributed by atoms with Gasteiger partial charge < -0.3 is 16.8 Å². The number of anilines is 2. The Kier molecular flexibility index (Phi) is 2.20. The first-order chi connectivity index (χ1) is 6.70. The third kappa shape index (κ3) is 1.74. The lowest BCUT2D eigenvalue weighted by Crippen LogP contribution is -2.18. The van der Waals surface area contributed by atoms with Crippen molar-refractivity contribution in [1.29, 1.82) is 0 Å². The van der Waals surface area contributed by atoms with Gasteiger partial charge in [-0.3, -0.25) is 0 Å². The van der Waals surface area contributed by atoms with Crippen LogP contribution in [0.15, 0.2) is 0 Å². The number of nitrogens with one attached hydrogen (secondary N) is 1. The summed E-state index contributed by atoms with van der Waals surface area (Å²) in [6.07, 6.45) is 2.31. The van der Waals surface area contributed by atoms with E-state index in [1.807, 2.05) is 0 Å². The average molecular weight is 194 g/mol. The van der Waals surface area contributed by atoms with Crippen molar-refractivity contribution in [2.24, 2.45) is 11.7 Å². The van der Waals surface area contributed by atoms with Gasteiger partial charge in [0.1, 0.15) is 0 Å². The molecule has 1 atom stereocenters. The summed E-state index contributed by atoms with van der Waals surface area (Å²) in [4.78, 5) is 12.1. The van der Waals surface area contributed by atoms with E-state index in [-0.39, 0.29) is 12.0 Å². The standard InChI is InChI=1S/C8H14N6/c1-11-8-13-6(12-7(10)14-8)5(9)4-2-3-4/h4-5H,2-3,9H2,1H3,(H3,10,11,12,13,14). The van der Waals surface area contributed by atoms with Crippen LogP contribution in [0.1, 0.15) is 24.7 Å². The van der Waals surface area contributed by atoms with Gasteiger partial charge in [0, 0.05) is 7.05 Å². The summed E-state index contributed by atoms with van der Waals surface area (Å²) in [5.41, 5.74) is 11.5. The number of nitrogen functional groups attached to an aromatic ring is 1. The second-order valence-electron chi connectivity index (χ2n) is 3.49. The summed E-state index contributed by atoms with van der Waals surface area (Å²) < 4.78 is 0. The number of hydrogen-bond donors (Lipinski definition) is 3. The summed E-state index contributed by atoms with van der Waals surface area (Å²) in [6.45, 7) is 0. The summed E-state index contributed by atoms with van der Waals surface area (Å²) in [6, 6.07) is -0.104. The normalized spacial score (nSPS) is 17.9. The summed E-state index contributed by atoms with van der Waals surface area (Å²) in [5, 5.41) is 2.82. The van der Waals surface area contributed by atoms with Crippen LogP contribution in [0.2, 0.25) is 0 Å². The molecule has 0 radical (unpaired) electrons. The van der Waals surface area contributed by atoms with Crippen molar-refractivity contribution in [3.63, 3.8) is 0 Å². The number of aromatic nitrogens is 3. The van der Waals surface area contributed by atoms with Crippen molar-refractivity contribution >= 4 is 11.9 Å². The molecular weight excluding hydrogens is 180 g/mol.